The van der Waals surface area contributed by atoms with Crippen molar-refractivity contribution in [3.63, 3.8) is 0 Å². The van der Waals surface area contributed by atoms with Crippen LogP contribution in [-0.4, -0.2) is 227 Å². The number of amides is 4. The number of nitrogens with zero attached hydrogens (tertiary/aromatic N) is 4. The Hall–Kier alpha value is -8.34. The zero-order valence-corrected chi connectivity index (χ0v) is 54.4. The summed E-state index contributed by atoms with van der Waals surface area (Å²) in [6.45, 7) is 9.04. The monoisotopic (exact) mass is 1370 g/mol. The van der Waals surface area contributed by atoms with E-state index in [0.29, 0.717) is 59.3 Å². The van der Waals surface area contributed by atoms with Crippen LogP contribution in [-0.2, 0) is 41.7 Å². The zero-order valence-electron chi connectivity index (χ0n) is 54.4. The number of aliphatic hydroxyl groups is 8. The Morgan fingerprint density at radius 3 is 1.48 bits per heavy atom. The van der Waals surface area contributed by atoms with E-state index in [4.69, 9.17) is 53.3 Å². The number of hydrogen-bond donors (Lipinski definition) is 9. The van der Waals surface area contributed by atoms with Crippen molar-refractivity contribution in [2.45, 2.75) is 152 Å². The van der Waals surface area contributed by atoms with Gasteiger partial charge in [-0.15, -0.1) is 0 Å². The van der Waals surface area contributed by atoms with E-state index in [1.54, 1.807) is 13.0 Å². The second-order valence-corrected chi connectivity index (χ2v) is 24.8. The van der Waals surface area contributed by atoms with Gasteiger partial charge in [0.15, 0.2) is 35.5 Å². The fourth-order valence-electron chi connectivity index (χ4n) is 12.5. The highest BCUT2D eigenvalue weighted by molar-refractivity contribution is 6.07. The third-order valence-corrected chi connectivity index (χ3v) is 17.8. The molecule has 4 aromatic rings. The number of ketones is 2. The summed E-state index contributed by atoms with van der Waals surface area (Å²) in [6, 6.07) is 12.7. The number of methoxy groups -OCH3 is 2. The van der Waals surface area contributed by atoms with Crippen LogP contribution in [0.2, 0.25) is 0 Å². The maximum Gasteiger partial charge on any atom is 0.416 e. The minimum Gasteiger partial charge on any atom is -0.493 e. The number of anilines is 2. The SMILES string of the molecule is C=C1C[C@H]2C(O)N(C(=O)OCc3ccc(O[C@@H]4OC[C@@H](O)[C@H](O)[C@H]4O)c(C(=O)CCCON)c3)c3cc(OCCCCCOc4cc5c(cc4OC)C(=O)N4CC(=C)C[C@H]4C(O)N5C(=O)OCc4ccc(O[C@@H]5OC[C@@H](O)[C@H](O)[C@H]5O)c(C(=O)CCCOC)c4)c(C)cc3C(=O)N2C1. The van der Waals surface area contributed by atoms with Crippen molar-refractivity contribution in [1.82, 2.24) is 9.80 Å². The summed E-state index contributed by atoms with van der Waals surface area (Å²) < 4.78 is 57.7. The Morgan fingerprint density at radius 1 is 0.551 bits per heavy atom. The summed E-state index contributed by atoms with van der Waals surface area (Å²) in [4.78, 5) is 94.3. The molecule has 6 aliphatic heterocycles. The molecule has 0 spiro atoms. The molecule has 0 radical (unpaired) electrons. The Morgan fingerprint density at radius 2 is 1.01 bits per heavy atom. The Balaban J connectivity index is 0.808. The predicted octanol–water partition coefficient (Wildman–Crippen LogP) is 3.22. The fourth-order valence-corrected chi connectivity index (χ4v) is 12.5. The number of carbonyl (C=O) groups excluding carboxylic acids is 6. The molecule has 0 bridgehead atoms. The first kappa shape index (κ1) is 72.4. The van der Waals surface area contributed by atoms with Crippen LogP contribution >= 0.6 is 0 Å². The zero-order chi connectivity index (χ0) is 70.2. The van der Waals surface area contributed by atoms with E-state index in [1.165, 1.54) is 78.6 Å². The number of aryl methyl sites for hydroxylation is 1. The van der Waals surface area contributed by atoms with Gasteiger partial charge in [0.1, 0.15) is 67.1 Å². The van der Waals surface area contributed by atoms with E-state index in [2.05, 4.69) is 18.0 Å². The number of rotatable bonds is 27. The average molecular weight is 1370 g/mol. The number of hydrogen-bond acceptors (Lipinski definition) is 26. The minimum absolute atomic E-state index is 0.00308. The van der Waals surface area contributed by atoms with Crippen molar-refractivity contribution in [2.24, 2.45) is 5.90 Å². The quantitative estimate of drug-likeness (QED) is 0.0179. The number of fused-ring (bicyclic) bond motifs is 4. The first-order valence-electron chi connectivity index (χ1n) is 32.2. The van der Waals surface area contributed by atoms with Gasteiger partial charge >= 0.3 is 12.2 Å². The van der Waals surface area contributed by atoms with Crippen molar-refractivity contribution in [3.05, 3.63) is 124 Å². The second kappa shape index (κ2) is 32.1. The summed E-state index contributed by atoms with van der Waals surface area (Å²) in [5.74, 6) is 3.90. The van der Waals surface area contributed by atoms with Crippen molar-refractivity contribution < 1.29 is 122 Å². The molecule has 0 saturated carbocycles. The van der Waals surface area contributed by atoms with Crippen molar-refractivity contribution in [1.29, 1.82) is 0 Å². The van der Waals surface area contributed by atoms with Gasteiger partial charge in [-0.2, -0.15) is 0 Å². The molecule has 98 heavy (non-hydrogen) atoms. The molecular weight excluding hydrogens is 1290 g/mol. The largest absolute Gasteiger partial charge is 0.493 e. The second-order valence-electron chi connectivity index (χ2n) is 24.8. The van der Waals surface area contributed by atoms with Gasteiger partial charge in [-0.3, -0.25) is 19.2 Å². The van der Waals surface area contributed by atoms with Gasteiger partial charge in [0.2, 0.25) is 12.6 Å². The van der Waals surface area contributed by atoms with Crippen LogP contribution in [0.1, 0.15) is 116 Å². The number of Topliss-reactive ketones (excluding diaryl/α,β-unsaturated/α-hetero) is 2. The van der Waals surface area contributed by atoms with Gasteiger partial charge in [-0.05, 0) is 105 Å². The normalized spacial score (nSPS) is 25.2. The van der Waals surface area contributed by atoms with Gasteiger partial charge in [-0.25, -0.2) is 25.3 Å². The van der Waals surface area contributed by atoms with Crippen LogP contribution in [0.4, 0.5) is 21.0 Å². The molecule has 6 aliphatic rings. The maximum atomic E-state index is 14.5. The Bertz CT molecular complexity index is 3630. The molecule has 2 unspecified atom stereocenters. The summed E-state index contributed by atoms with van der Waals surface area (Å²) in [5, 5.41) is 85.8. The molecule has 10 rings (SSSR count). The van der Waals surface area contributed by atoms with E-state index in [1.807, 2.05) is 0 Å². The van der Waals surface area contributed by atoms with Gasteiger partial charge in [-0.1, -0.05) is 36.4 Å². The highest BCUT2D eigenvalue weighted by Gasteiger charge is 2.49. The molecule has 12 atom stereocenters. The van der Waals surface area contributed by atoms with Crippen LogP contribution in [0.5, 0.6) is 28.7 Å². The van der Waals surface area contributed by atoms with Crippen molar-refractivity contribution in [2.75, 3.05) is 76.8 Å². The number of benzene rings is 4. The van der Waals surface area contributed by atoms with Gasteiger partial charge in [0.05, 0.1) is 85.9 Å². The fraction of sp³-hybridized carbons (Fsp3) is 0.500. The molecule has 0 aliphatic carbocycles. The third kappa shape index (κ3) is 15.9. The van der Waals surface area contributed by atoms with Crippen molar-refractivity contribution >= 4 is 46.9 Å². The Kier molecular flexibility index (Phi) is 23.7. The molecule has 0 aromatic heterocycles. The van der Waals surface area contributed by atoms with Gasteiger partial charge in [0.25, 0.3) is 11.8 Å². The summed E-state index contributed by atoms with van der Waals surface area (Å²) >= 11 is 0. The lowest BCUT2D eigenvalue weighted by molar-refractivity contribution is -0.242. The highest BCUT2D eigenvalue weighted by Crippen LogP contribution is 2.44. The van der Waals surface area contributed by atoms with Gasteiger partial charge in [0, 0.05) is 51.8 Å². The average Bonchev–Trinajstić information content (AvgIpc) is 1.58. The number of unbranched alkanes of at least 4 members (excludes halogenated alkanes) is 2. The molecule has 4 amide bonds. The van der Waals surface area contributed by atoms with E-state index in [-0.39, 0.29) is 141 Å². The van der Waals surface area contributed by atoms with Crippen molar-refractivity contribution in [3.8, 4) is 28.7 Å². The number of carbonyl (C=O) groups is 6. The number of aliphatic hydroxyl groups excluding tert-OH is 8. The third-order valence-electron chi connectivity index (χ3n) is 17.8. The molecule has 6 heterocycles. The van der Waals surface area contributed by atoms with Crippen LogP contribution in [0.3, 0.4) is 0 Å². The predicted molar refractivity (Wildman–Crippen MR) is 342 cm³/mol. The number of nitrogens with two attached hydrogens (primary N) is 1. The minimum atomic E-state index is -1.67. The molecule has 4 aromatic carbocycles. The summed E-state index contributed by atoms with van der Waals surface area (Å²) in [5.41, 5.74) is 2.56. The van der Waals surface area contributed by atoms with E-state index in [9.17, 15) is 69.6 Å². The molecule has 30 heteroatoms. The molecule has 10 N–H and O–H groups in total. The highest BCUT2D eigenvalue weighted by atomic mass is 16.7. The van der Waals surface area contributed by atoms with E-state index >= 15 is 0 Å². The van der Waals surface area contributed by atoms with Crippen LogP contribution in [0.25, 0.3) is 0 Å². The van der Waals surface area contributed by atoms with Crippen LogP contribution in [0, 0.1) is 6.92 Å². The topological polar surface area (TPSA) is 405 Å². The lowest BCUT2D eigenvalue weighted by Gasteiger charge is -2.35. The molecule has 30 nitrogen and oxygen atoms in total. The lowest BCUT2D eigenvalue weighted by atomic mass is 10.0. The maximum absolute atomic E-state index is 14.5. The molecule has 4 saturated heterocycles. The van der Waals surface area contributed by atoms with Gasteiger partial charge < -0.3 is 103 Å². The lowest BCUT2D eigenvalue weighted by Crippen LogP contribution is -2.54. The van der Waals surface area contributed by atoms with Crippen LogP contribution in [0.15, 0.2) is 85.0 Å². The summed E-state index contributed by atoms with van der Waals surface area (Å²) in [7, 11) is 2.87. The molecular formula is C68H83N5O25. The van der Waals surface area contributed by atoms with E-state index < -0.39 is 123 Å². The standard InChI is InChI=1S/C68H83N5O25/c1-35-21-46-63(84)72(67(86)94-31-39-14-16-53(43(25-39)49(75)12-10-20-96-69)98-66-60(81)58(79)51(77)34-93-66)44-27-54(37(3)23-40(44)61(82)70(46)29-35)90-18-7-6-8-19-91-56-28-45-41(26-55(56)89-5)62(83)71-30-36(2)22-47(71)64(85)73(45)68(87)95-32-38-13-15-52(42(24-38)48(74)11-9-17-88-4)97-65-59(80)57(78)50(76)33-92-65/h13-16,23-28,46-47,50-51,57-60,63-66,76-81,84-85H,1-2,6-12,17-22,29-34,69H2,3-5H3/t46-,47-,50+,51+,57-,58-,59+,60+,63?,64?,65-,66-/m0/s1. The smallest absolute Gasteiger partial charge is 0.416 e. The molecule has 530 valence electrons. The Labute approximate surface area is 563 Å². The first-order chi connectivity index (χ1) is 47.0. The number of ether oxygens (including phenoxy) is 10. The molecule has 4 fully saturated rings. The first-order valence-corrected chi connectivity index (χ1v) is 32.2. The van der Waals surface area contributed by atoms with Crippen LogP contribution < -0.4 is 39.4 Å². The summed E-state index contributed by atoms with van der Waals surface area (Å²) in [6.07, 6.45) is -15.2. The van der Waals surface area contributed by atoms with E-state index in [0.717, 1.165) is 9.80 Å².